The Balaban J connectivity index is 1.54. The minimum absolute atomic E-state index is 0.0298. The summed E-state index contributed by atoms with van der Waals surface area (Å²) in [5.74, 6) is 0.216. The predicted octanol–water partition coefficient (Wildman–Crippen LogP) is 2.95. The highest BCUT2D eigenvalue weighted by molar-refractivity contribution is 6.24. The summed E-state index contributed by atoms with van der Waals surface area (Å²) in [6.45, 7) is 10.1. The van der Waals surface area contributed by atoms with Crippen molar-refractivity contribution in [1.29, 1.82) is 0 Å². The quantitative estimate of drug-likeness (QED) is 0.312. The average Bonchev–Trinajstić information content (AvgIpc) is 3.41. The molecule has 2 aliphatic rings. The van der Waals surface area contributed by atoms with Gasteiger partial charge in [0.15, 0.2) is 11.6 Å². The van der Waals surface area contributed by atoms with Crippen LogP contribution >= 0.6 is 0 Å². The summed E-state index contributed by atoms with van der Waals surface area (Å²) in [4.78, 5) is 50.3. The molecular formula is C29H39N3O5. The molecule has 1 aliphatic carbocycles. The van der Waals surface area contributed by atoms with Gasteiger partial charge >= 0.3 is 0 Å². The second-order valence-corrected chi connectivity index (χ2v) is 10.2. The van der Waals surface area contributed by atoms with Crippen LogP contribution in [0.3, 0.4) is 0 Å². The second-order valence-electron chi connectivity index (χ2n) is 10.2. The number of nitrogens with one attached hydrogen (secondary N) is 3. The maximum atomic E-state index is 12.8. The van der Waals surface area contributed by atoms with Crippen LogP contribution in [-0.2, 0) is 25.6 Å². The van der Waals surface area contributed by atoms with E-state index in [1.165, 1.54) is 0 Å². The highest BCUT2D eigenvalue weighted by Gasteiger charge is 2.28. The molecule has 2 atom stereocenters. The Morgan fingerprint density at radius 3 is 2.30 bits per heavy atom. The molecule has 2 amide bonds. The van der Waals surface area contributed by atoms with Crippen LogP contribution in [-0.4, -0.2) is 54.7 Å². The minimum Gasteiger partial charge on any atom is -0.494 e. The number of carbonyl (C=O) groups is 4. The topological polar surface area (TPSA) is 114 Å². The van der Waals surface area contributed by atoms with Gasteiger partial charge in [-0.3, -0.25) is 19.2 Å². The molecule has 8 heteroatoms. The summed E-state index contributed by atoms with van der Waals surface area (Å²) >= 11 is 0. The molecule has 8 nitrogen and oxygen atoms in total. The van der Waals surface area contributed by atoms with Gasteiger partial charge in [0.2, 0.25) is 11.8 Å². The second kappa shape index (κ2) is 12.8. The van der Waals surface area contributed by atoms with E-state index in [1.54, 1.807) is 20.8 Å². The lowest BCUT2D eigenvalue weighted by Gasteiger charge is -2.22. The number of ketones is 2. The van der Waals surface area contributed by atoms with Gasteiger partial charge in [-0.05, 0) is 84.5 Å². The number of benzene rings is 1. The number of rotatable bonds is 11. The molecule has 1 aliphatic heterocycles. The number of amides is 2. The number of carbonyl (C=O) groups excluding carboxylic acids is 4. The summed E-state index contributed by atoms with van der Waals surface area (Å²) in [5, 5.41) is 8.98. The first-order valence-electron chi connectivity index (χ1n) is 13.1. The van der Waals surface area contributed by atoms with Gasteiger partial charge in [-0.25, -0.2) is 0 Å². The van der Waals surface area contributed by atoms with Crippen LogP contribution in [0.1, 0.15) is 65.9 Å². The zero-order valence-corrected chi connectivity index (χ0v) is 22.5. The Hall–Kier alpha value is -3.26. The summed E-state index contributed by atoms with van der Waals surface area (Å²) in [6.07, 6.45) is 3.19. The fourth-order valence-electron chi connectivity index (χ4n) is 4.63. The van der Waals surface area contributed by atoms with E-state index in [1.807, 2.05) is 38.1 Å². The molecule has 0 saturated carbocycles. The zero-order chi connectivity index (χ0) is 27.1. The fraction of sp³-hybridized carbons (Fsp3) is 0.517. The van der Waals surface area contributed by atoms with E-state index in [0.717, 1.165) is 24.9 Å². The lowest BCUT2D eigenvalue weighted by molar-refractivity contribution is -0.130. The monoisotopic (exact) mass is 509 g/mol. The van der Waals surface area contributed by atoms with Crippen LogP contribution in [0.15, 0.2) is 46.6 Å². The molecule has 200 valence electrons. The molecule has 1 saturated heterocycles. The van der Waals surface area contributed by atoms with Crippen molar-refractivity contribution in [3.05, 3.63) is 52.1 Å². The summed E-state index contributed by atoms with van der Waals surface area (Å²) in [6, 6.07) is 6.49. The number of hydrogen-bond donors (Lipinski definition) is 3. The first-order valence-corrected chi connectivity index (χ1v) is 13.1. The average molecular weight is 510 g/mol. The maximum absolute atomic E-state index is 12.8. The van der Waals surface area contributed by atoms with Crippen molar-refractivity contribution < 1.29 is 23.9 Å². The predicted molar refractivity (Wildman–Crippen MR) is 142 cm³/mol. The van der Waals surface area contributed by atoms with E-state index < -0.39 is 6.04 Å². The molecule has 0 unspecified atom stereocenters. The molecule has 37 heavy (non-hydrogen) atoms. The third kappa shape index (κ3) is 7.38. The Bertz CT molecular complexity index is 1100. The highest BCUT2D eigenvalue weighted by Crippen LogP contribution is 2.27. The Kier molecular flexibility index (Phi) is 9.80. The van der Waals surface area contributed by atoms with Gasteiger partial charge < -0.3 is 20.7 Å². The first kappa shape index (κ1) is 28.3. The molecule has 3 rings (SSSR count). The normalized spacial score (nSPS) is 18.9. The fourth-order valence-corrected chi connectivity index (χ4v) is 4.63. The van der Waals surface area contributed by atoms with Gasteiger partial charge in [-0.1, -0.05) is 12.1 Å². The lowest BCUT2D eigenvalue weighted by atomic mass is 9.84. The maximum Gasteiger partial charge on any atom is 0.243 e. The van der Waals surface area contributed by atoms with Crippen LogP contribution in [0.25, 0.3) is 0 Å². The van der Waals surface area contributed by atoms with Crippen molar-refractivity contribution >= 4 is 23.4 Å². The van der Waals surface area contributed by atoms with E-state index in [4.69, 9.17) is 4.74 Å². The SMILES string of the molecule is CC1=C(C)C(=O)C(CCCOc2ccc(C[C@@H](NC(=O)[C@@H]3CCCN3)C(=O)NC(C)C)cc2)=C(C)C1=O. The number of ether oxygens (including phenoxy) is 1. The Morgan fingerprint density at radius 1 is 1.00 bits per heavy atom. The van der Waals surface area contributed by atoms with E-state index in [9.17, 15) is 19.2 Å². The lowest BCUT2D eigenvalue weighted by Crippen LogP contribution is -2.53. The van der Waals surface area contributed by atoms with E-state index in [2.05, 4.69) is 16.0 Å². The molecule has 0 aromatic heterocycles. The third-order valence-corrected chi connectivity index (χ3v) is 6.95. The van der Waals surface area contributed by atoms with Crippen molar-refractivity contribution in [3.8, 4) is 5.75 Å². The van der Waals surface area contributed by atoms with Crippen molar-refractivity contribution in [2.45, 2.75) is 84.8 Å². The van der Waals surface area contributed by atoms with Crippen molar-refractivity contribution in [1.82, 2.24) is 16.0 Å². The summed E-state index contributed by atoms with van der Waals surface area (Å²) in [5.41, 5.74) is 3.07. The van der Waals surface area contributed by atoms with Crippen molar-refractivity contribution in [3.63, 3.8) is 0 Å². The summed E-state index contributed by atoms with van der Waals surface area (Å²) in [7, 11) is 0. The van der Waals surface area contributed by atoms with Gasteiger partial charge in [0.05, 0.1) is 12.6 Å². The number of Topliss-reactive ketones (excluding diaryl/α,β-unsaturated/α-hetero) is 2. The number of hydrogen-bond acceptors (Lipinski definition) is 6. The van der Waals surface area contributed by atoms with E-state index in [-0.39, 0.29) is 35.5 Å². The van der Waals surface area contributed by atoms with Crippen molar-refractivity contribution in [2.75, 3.05) is 13.2 Å². The van der Waals surface area contributed by atoms with Crippen LogP contribution in [0.5, 0.6) is 5.75 Å². The molecule has 0 spiro atoms. The standard InChI is InChI=1S/C29H39N3O5/c1-17(2)31-29(36)25(32-28(35)24-9-6-14-30-24)16-21-10-12-22(13-11-21)37-15-7-8-23-20(5)26(33)18(3)19(4)27(23)34/h10-13,17,24-25,30H,6-9,14-16H2,1-5H3,(H,31,36)(H,32,35)/t24-,25+/m0/s1. The first-order chi connectivity index (χ1) is 17.6. The van der Waals surface area contributed by atoms with Crippen LogP contribution in [0.4, 0.5) is 0 Å². The molecule has 0 radical (unpaired) electrons. The largest absolute Gasteiger partial charge is 0.494 e. The van der Waals surface area contributed by atoms with E-state index in [0.29, 0.717) is 53.9 Å². The molecule has 1 aromatic carbocycles. The highest BCUT2D eigenvalue weighted by atomic mass is 16.5. The minimum atomic E-state index is -0.669. The van der Waals surface area contributed by atoms with Gasteiger partial charge in [-0.15, -0.1) is 0 Å². The van der Waals surface area contributed by atoms with E-state index >= 15 is 0 Å². The molecule has 1 fully saturated rings. The van der Waals surface area contributed by atoms with Crippen LogP contribution in [0, 0.1) is 0 Å². The van der Waals surface area contributed by atoms with Gasteiger partial charge in [0, 0.05) is 34.8 Å². The summed E-state index contributed by atoms with van der Waals surface area (Å²) < 4.78 is 5.85. The zero-order valence-electron chi connectivity index (χ0n) is 22.5. The molecule has 1 aromatic rings. The van der Waals surface area contributed by atoms with Gasteiger partial charge in [0.1, 0.15) is 11.8 Å². The number of allylic oxidation sites excluding steroid dienone is 4. The Labute approximate surface area is 219 Å². The van der Waals surface area contributed by atoms with Gasteiger partial charge in [-0.2, -0.15) is 0 Å². The molecule has 0 bridgehead atoms. The van der Waals surface area contributed by atoms with Gasteiger partial charge in [0.25, 0.3) is 0 Å². The van der Waals surface area contributed by atoms with Crippen LogP contribution in [0.2, 0.25) is 0 Å². The Morgan fingerprint density at radius 2 is 1.68 bits per heavy atom. The van der Waals surface area contributed by atoms with Crippen molar-refractivity contribution in [2.24, 2.45) is 0 Å². The molecular weight excluding hydrogens is 470 g/mol. The molecule has 1 heterocycles. The van der Waals surface area contributed by atoms with Crippen LogP contribution < -0.4 is 20.7 Å². The smallest absolute Gasteiger partial charge is 0.243 e. The molecule has 3 N–H and O–H groups in total. The third-order valence-electron chi connectivity index (χ3n) is 6.95.